The van der Waals surface area contributed by atoms with Crippen LogP contribution in [-0.4, -0.2) is 57.1 Å². The van der Waals surface area contributed by atoms with Crippen LogP contribution in [0.5, 0.6) is 0 Å². The molecule has 1 N–H and O–H groups in total. The zero-order valence-corrected chi connectivity index (χ0v) is 13.3. The lowest BCUT2D eigenvalue weighted by molar-refractivity contribution is -0.717. The topological polar surface area (TPSA) is 126 Å². The molecular weight excluding hydrogens is 320 g/mol. The Labute approximate surface area is 137 Å². The average Bonchev–Trinajstić information content (AvgIpc) is 2.79. The molecule has 1 aromatic rings. The highest BCUT2D eigenvalue weighted by Gasteiger charge is 2.39. The molecule has 0 spiro atoms. The fourth-order valence-electron chi connectivity index (χ4n) is 1.90. The fraction of sp³-hybridized carbons (Fsp3) is 0.357. The third kappa shape index (κ3) is 2.85. The molecule has 0 aromatic heterocycles. The Morgan fingerprint density at radius 3 is 2.29 bits per heavy atom. The van der Waals surface area contributed by atoms with Crippen molar-refractivity contribution in [3.05, 3.63) is 40.6 Å². The van der Waals surface area contributed by atoms with Crippen molar-refractivity contribution in [3.8, 4) is 0 Å². The lowest BCUT2D eigenvalue weighted by Gasteiger charge is -2.26. The number of nitrogens with zero attached hydrogens (tertiary/aromatic N) is 4. The second-order valence-corrected chi connectivity index (χ2v) is 5.56. The number of aliphatic carboxylic acids is 1. The van der Waals surface area contributed by atoms with Crippen molar-refractivity contribution >= 4 is 17.8 Å². The zero-order chi connectivity index (χ0) is 18.1. The highest BCUT2D eigenvalue weighted by molar-refractivity contribution is 6.21. The number of carboxylic acid groups (broad SMARTS) is 1. The number of carbonyl (C=O) groups is 3. The van der Waals surface area contributed by atoms with Gasteiger partial charge >= 0.3 is 5.97 Å². The van der Waals surface area contributed by atoms with E-state index >= 15 is 0 Å². The van der Waals surface area contributed by atoms with Crippen LogP contribution in [0.3, 0.4) is 0 Å². The molecule has 10 heteroatoms. The monoisotopic (exact) mass is 336 g/mol. The van der Waals surface area contributed by atoms with Crippen molar-refractivity contribution in [1.29, 1.82) is 0 Å². The number of imide groups is 1. The van der Waals surface area contributed by atoms with Gasteiger partial charge in [0.2, 0.25) is 12.0 Å². The van der Waals surface area contributed by atoms with Crippen LogP contribution in [0, 0.1) is 5.21 Å². The molecule has 1 aliphatic rings. The summed E-state index contributed by atoms with van der Waals surface area (Å²) in [4.78, 5) is 40.7. The van der Waals surface area contributed by atoms with Crippen molar-refractivity contribution in [1.82, 2.24) is 9.91 Å². The lowest BCUT2D eigenvalue weighted by atomic mass is 10.1. The summed E-state index contributed by atoms with van der Waals surface area (Å²) >= 11 is 0. The van der Waals surface area contributed by atoms with Gasteiger partial charge in [0.25, 0.3) is 11.8 Å². The fourth-order valence-corrected chi connectivity index (χ4v) is 1.90. The summed E-state index contributed by atoms with van der Waals surface area (Å²) in [6, 6.07) is 6.27. The van der Waals surface area contributed by atoms with E-state index in [1.807, 2.05) is 0 Å². The van der Waals surface area contributed by atoms with E-state index < -0.39 is 30.1 Å². The Morgan fingerprint density at radius 2 is 1.83 bits per heavy atom. The van der Waals surface area contributed by atoms with E-state index in [-0.39, 0.29) is 16.1 Å². The standard InChI is InChI=1S/C14H16N4O6/c1-14(2,13(21)22)16(3)18(23)15-24-8-17-11(19)9-6-4-5-7-10(9)12(17)20/h4-7H,8H2,1-3H3,(H,21,22). The minimum Gasteiger partial charge on any atom is -0.569 e. The Bertz CT molecular complexity index is 695. The summed E-state index contributed by atoms with van der Waals surface area (Å²) in [5, 5.41) is 24.7. The van der Waals surface area contributed by atoms with Gasteiger partial charge in [0.05, 0.1) is 23.1 Å². The van der Waals surface area contributed by atoms with Gasteiger partial charge < -0.3 is 15.2 Å². The van der Waals surface area contributed by atoms with Crippen LogP contribution in [0.25, 0.3) is 0 Å². The summed E-state index contributed by atoms with van der Waals surface area (Å²) in [6.07, 6.45) is 0. The molecule has 0 radical (unpaired) electrons. The summed E-state index contributed by atoms with van der Waals surface area (Å²) in [7, 11) is 1.22. The second kappa shape index (κ2) is 6.14. The van der Waals surface area contributed by atoms with Gasteiger partial charge in [-0.3, -0.25) is 9.59 Å². The molecule has 1 heterocycles. The number of hydrazine groups is 1. The molecule has 2 rings (SSSR count). The molecule has 0 atom stereocenters. The SMILES string of the molecule is CN([N+]([O-])=NOCN1C(=O)c2ccccc2C1=O)C(C)(C)C(=O)O. The van der Waals surface area contributed by atoms with E-state index in [0.29, 0.717) is 0 Å². The third-order valence-corrected chi connectivity index (χ3v) is 3.78. The molecule has 24 heavy (non-hydrogen) atoms. The molecule has 0 unspecified atom stereocenters. The van der Waals surface area contributed by atoms with Gasteiger partial charge in [-0.05, 0) is 26.0 Å². The van der Waals surface area contributed by atoms with Crippen molar-refractivity contribution in [3.63, 3.8) is 0 Å². The van der Waals surface area contributed by atoms with Crippen LogP contribution in [0.4, 0.5) is 0 Å². The predicted molar refractivity (Wildman–Crippen MR) is 78.4 cm³/mol. The van der Waals surface area contributed by atoms with Crippen molar-refractivity contribution in [2.75, 3.05) is 13.8 Å². The predicted octanol–water partition coefficient (Wildman–Crippen LogP) is 0.844. The van der Waals surface area contributed by atoms with E-state index in [0.717, 1.165) is 9.91 Å². The Morgan fingerprint density at radius 1 is 1.33 bits per heavy atom. The largest absolute Gasteiger partial charge is 0.569 e. The number of hydrogen-bond acceptors (Lipinski definition) is 6. The highest BCUT2D eigenvalue weighted by atomic mass is 16.7. The van der Waals surface area contributed by atoms with Gasteiger partial charge in [0.1, 0.15) is 0 Å². The molecule has 1 aromatic carbocycles. The summed E-state index contributed by atoms with van der Waals surface area (Å²) in [6.45, 7) is 2.05. The minimum absolute atomic E-state index is 0.0632. The maximum absolute atomic E-state index is 12.1. The Hall–Kier alpha value is -3.17. The van der Waals surface area contributed by atoms with Gasteiger partial charge in [0.15, 0.2) is 5.54 Å². The number of rotatable bonds is 6. The van der Waals surface area contributed by atoms with Crippen LogP contribution in [0.15, 0.2) is 29.5 Å². The summed E-state index contributed by atoms with van der Waals surface area (Å²) in [5.41, 5.74) is -1.03. The van der Waals surface area contributed by atoms with Gasteiger partial charge in [-0.25, -0.2) is 9.69 Å². The Kier molecular flexibility index (Phi) is 4.40. The number of benzene rings is 1. The molecule has 0 fully saturated rings. The molecular formula is C14H16N4O6. The molecule has 0 bridgehead atoms. The smallest absolute Gasteiger partial charge is 0.334 e. The number of carbonyl (C=O) groups excluding carboxylic acids is 2. The van der Waals surface area contributed by atoms with Crippen molar-refractivity contribution < 1.29 is 29.3 Å². The first-order valence-corrected chi connectivity index (χ1v) is 6.90. The van der Waals surface area contributed by atoms with E-state index in [2.05, 4.69) is 5.28 Å². The van der Waals surface area contributed by atoms with E-state index in [9.17, 15) is 19.6 Å². The van der Waals surface area contributed by atoms with E-state index in [1.54, 1.807) is 12.1 Å². The average molecular weight is 336 g/mol. The number of likely N-dealkylation sites (N-methyl/N-ethyl adjacent to an activating group) is 1. The quantitative estimate of drug-likeness (QED) is 0.353. The van der Waals surface area contributed by atoms with Gasteiger partial charge in [-0.2, -0.15) is 0 Å². The first-order valence-electron chi connectivity index (χ1n) is 6.90. The lowest BCUT2D eigenvalue weighted by Crippen LogP contribution is -2.51. The van der Waals surface area contributed by atoms with Crippen LogP contribution >= 0.6 is 0 Å². The third-order valence-electron chi connectivity index (χ3n) is 3.78. The van der Waals surface area contributed by atoms with Crippen LogP contribution in [0.2, 0.25) is 0 Å². The van der Waals surface area contributed by atoms with Crippen LogP contribution in [-0.2, 0) is 9.63 Å². The summed E-state index contributed by atoms with van der Waals surface area (Å²) < 4.78 is 0. The first kappa shape index (κ1) is 17.2. The van der Waals surface area contributed by atoms with Crippen LogP contribution < -0.4 is 0 Å². The van der Waals surface area contributed by atoms with Crippen molar-refractivity contribution in [2.45, 2.75) is 19.4 Å². The number of fused-ring (bicyclic) bond motifs is 1. The molecule has 0 saturated heterocycles. The highest BCUT2D eigenvalue weighted by Crippen LogP contribution is 2.22. The minimum atomic E-state index is -1.52. The van der Waals surface area contributed by atoms with Gasteiger partial charge in [-0.15, -0.1) is 5.01 Å². The first-order chi connectivity index (χ1) is 11.2. The second-order valence-electron chi connectivity index (χ2n) is 5.56. The maximum Gasteiger partial charge on any atom is 0.334 e. The van der Waals surface area contributed by atoms with Gasteiger partial charge in [0, 0.05) is 0 Å². The zero-order valence-electron chi connectivity index (χ0n) is 13.3. The molecule has 10 nitrogen and oxygen atoms in total. The maximum atomic E-state index is 12.1. The summed E-state index contributed by atoms with van der Waals surface area (Å²) in [5.74, 6) is -2.34. The molecule has 1 aliphatic heterocycles. The molecule has 2 amide bonds. The van der Waals surface area contributed by atoms with E-state index in [4.69, 9.17) is 9.94 Å². The normalized spacial score (nSPS) is 14.6. The molecule has 128 valence electrons. The van der Waals surface area contributed by atoms with Crippen molar-refractivity contribution in [2.24, 2.45) is 5.28 Å². The number of amides is 2. The van der Waals surface area contributed by atoms with E-state index in [1.165, 1.54) is 33.0 Å². The number of hydrogen-bond donors (Lipinski definition) is 1. The Balaban J connectivity index is 2.04. The number of carboxylic acids is 1. The van der Waals surface area contributed by atoms with Gasteiger partial charge in [-0.1, -0.05) is 12.1 Å². The van der Waals surface area contributed by atoms with Crippen LogP contribution in [0.1, 0.15) is 34.6 Å². The molecule has 0 aliphatic carbocycles. The molecule has 0 saturated carbocycles.